The molecule has 5 rings (SSSR count). The number of halogens is 1. The minimum atomic E-state index is -0.311. The summed E-state index contributed by atoms with van der Waals surface area (Å²) >= 11 is 0. The second-order valence-electron chi connectivity index (χ2n) is 7.94. The molecule has 3 atom stereocenters. The number of carbonyl (C=O) groups excluding carboxylic acids is 1. The van der Waals surface area contributed by atoms with Crippen molar-refractivity contribution in [2.24, 2.45) is 16.8 Å². The highest BCUT2D eigenvalue weighted by atomic mass is 19.1. The Morgan fingerprint density at radius 3 is 2.93 bits per heavy atom. The molecule has 4 heterocycles. The Balaban J connectivity index is 1.41. The van der Waals surface area contributed by atoms with Crippen LogP contribution < -0.4 is 15.5 Å². The normalized spacial score (nSPS) is 24.3. The number of amides is 2. The Morgan fingerprint density at radius 2 is 2.13 bits per heavy atom. The van der Waals surface area contributed by atoms with E-state index in [1.807, 2.05) is 23.2 Å². The van der Waals surface area contributed by atoms with E-state index < -0.39 is 0 Å². The van der Waals surface area contributed by atoms with E-state index in [-0.39, 0.29) is 23.7 Å². The lowest BCUT2D eigenvalue weighted by Gasteiger charge is -2.31. The van der Waals surface area contributed by atoms with Gasteiger partial charge in [-0.1, -0.05) is 19.1 Å². The third kappa shape index (κ3) is 3.33. The number of carbonyl (C=O) groups is 1. The van der Waals surface area contributed by atoms with E-state index in [0.29, 0.717) is 29.9 Å². The number of nitrogens with one attached hydrogen (secondary N) is 2. The predicted molar refractivity (Wildman–Crippen MR) is 112 cm³/mol. The number of aliphatic imine (C=N–C) groups is 1. The van der Waals surface area contributed by atoms with Gasteiger partial charge in [-0.3, -0.25) is 15.2 Å². The van der Waals surface area contributed by atoms with Crippen LogP contribution in [0.5, 0.6) is 0 Å². The van der Waals surface area contributed by atoms with Gasteiger partial charge in [0.05, 0.1) is 0 Å². The second kappa shape index (κ2) is 7.53. The van der Waals surface area contributed by atoms with Crippen LogP contribution in [-0.2, 0) is 0 Å². The number of amidine groups is 1. The predicted octanol–water partition coefficient (Wildman–Crippen LogP) is 2.86. The molecule has 154 valence electrons. The summed E-state index contributed by atoms with van der Waals surface area (Å²) in [6, 6.07) is 10.2. The summed E-state index contributed by atoms with van der Waals surface area (Å²) in [5, 5.41) is 6.44. The first-order chi connectivity index (χ1) is 14.6. The van der Waals surface area contributed by atoms with Crippen LogP contribution in [0.3, 0.4) is 0 Å². The van der Waals surface area contributed by atoms with E-state index in [1.54, 1.807) is 23.4 Å². The average Bonchev–Trinajstić information content (AvgIpc) is 3.41. The molecule has 0 radical (unpaired) electrons. The summed E-state index contributed by atoms with van der Waals surface area (Å²) in [4.78, 5) is 25.2. The van der Waals surface area contributed by atoms with Crippen molar-refractivity contribution >= 4 is 17.6 Å². The van der Waals surface area contributed by atoms with Crippen LogP contribution in [0, 0.1) is 17.7 Å². The maximum absolute atomic E-state index is 13.6. The van der Waals surface area contributed by atoms with E-state index in [4.69, 9.17) is 4.99 Å². The third-order valence-corrected chi connectivity index (χ3v) is 6.16. The molecule has 3 aliphatic heterocycles. The van der Waals surface area contributed by atoms with Gasteiger partial charge in [-0.25, -0.2) is 14.2 Å². The Morgan fingerprint density at radius 1 is 1.23 bits per heavy atom. The quantitative estimate of drug-likeness (QED) is 0.819. The second-order valence-corrected chi connectivity index (χ2v) is 7.94. The van der Waals surface area contributed by atoms with Gasteiger partial charge in [0.25, 0.3) is 0 Å². The number of aromatic nitrogens is 1. The maximum Gasteiger partial charge on any atom is 0.329 e. The molecule has 0 saturated carbocycles. The number of pyridine rings is 1. The zero-order chi connectivity index (χ0) is 20.7. The highest BCUT2D eigenvalue weighted by Crippen LogP contribution is 2.34. The van der Waals surface area contributed by atoms with E-state index in [1.165, 1.54) is 17.7 Å². The highest BCUT2D eigenvalue weighted by Gasteiger charge is 2.40. The zero-order valence-corrected chi connectivity index (χ0v) is 16.6. The van der Waals surface area contributed by atoms with Crippen molar-refractivity contribution < 1.29 is 9.18 Å². The van der Waals surface area contributed by atoms with Crippen molar-refractivity contribution in [1.82, 2.24) is 20.5 Å². The van der Waals surface area contributed by atoms with Crippen molar-refractivity contribution in [2.75, 3.05) is 24.7 Å². The van der Waals surface area contributed by atoms with Crippen molar-refractivity contribution in [3.8, 4) is 0 Å². The summed E-state index contributed by atoms with van der Waals surface area (Å²) in [7, 11) is 0. The van der Waals surface area contributed by atoms with Gasteiger partial charge in [-0.15, -0.1) is 0 Å². The lowest BCUT2D eigenvalue weighted by Crippen LogP contribution is -2.50. The summed E-state index contributed by atoms with van der Waals surface area (Å²) in [6.07, 6.45) is 5.48. The summed E-state index contributed by atoms with van der Waals surface area (Å²) in [5.74, 6) is 1.62. The highest BCUT2D eigenvalue weighted by molar-refractivity contribution is 6.02. The third-order valence-electron chi connectivity index (χ3n) is 6.16. The van der Waals surface area contributed by atoms with Gasteiger partial charge in [0.1, 0.15) is 18.3 Å². The topological polar surface area (TPSA) is 72.9 Å². The van der Waals surface area contributed by atoms with E-state index in [0.717, 1.165) is 13.1 Å². The maximum atomic E-state index is 13.6. The SMILES string of the molecule is CC(c1cccnc1)C1CNCC1C1=NC2=CN(c3cccc(F)c3)CN2C(=O)N1. The Hall–Kier alpha value is -3.26. The fourth-order valence-corrected chi connectivity index (χ4v) is 4.46. The fourth-order valence-electron chi connectivity index (χ4n) is 4.46. The first-order valence-corrected chi connectivity index (χ1v) is 10.1. The number of nitrogens with zero attached hydrogens (tertiary/aromatic N) is 4. The minimum Gasteiger partial charge on any atom is -0.325 e. The van der Waals surface area contributed by atoms with Crippen LogP contribution in [0.25, 0.3) is 0 Å². The van der Waals surface area contributed by atoms with Crippen LogP contribution in [-0.4, -0.2) is 41.5 Å². The van der Waals surface area contributed by atoms with Crippen molar-refractivity contribution in [2.45, 2.75) is 12.8 Å². The van der Waals surface area contributed by atoms with Crippen molar-refractivity contribution in [1.29, 1.82) is 0 Å². The zero-order valence-electron chi connectivity index (χ0n) is 16.6. The van der Waals surface area contributed by atoms with Crippen molar-refractivity contribution in [3.63, 3.8) is 0 Å². The monoisotopic (exact) mass is 406 g/mol. The minimum absolute atomic E-state index is 0.0930. The smallest absolute Gasteiger partial charge is 0.325 e. The first-order valence-electron chi connectivity index (χ1n) is 10.1. The molecule has 2 N–H and O–H groups in total. The molecule has 1 aromatic heterocycles. The molecule has 1 fully saturated rings. The molecule has 2 aromatic rings. The number of urea groups is 1. The van der Waals surface area contributed by atoms with Gasteiger partial charge in [0.2, 0.25) is 0 Å². The van der Waals surface area contributed by atoms with Gasteiger partial charge < -0.3 is 10.2 Å². The summed E-state index contributed by atoms with van der Waals surface area (Å²) in [6.45, 7) is 4.11. The fraction of sp³-hybridized carbons (Fsp3) is 0.318. The number of hydrogen-bond donors (Lipinski definition) is 2. The van der Waals surface area contributed by atoms with Crippen molar-refractivity contribution in [3.05, 3.63) is 72.2 Å². The van der Waals surface area contributed by atoms with Crippen LogP contribution in [0.1, 0.15) is 18.4 Å². The van der Waals surface area contributed by atoms with E-state index in [2.05, 4.69) is 28.6 Å². The molecule has 30 heavy (non-hydrogen) atoms. The summed E-state index contributed by atoms with van der Waals surface area (Å²) in [5.41, 5.74) is 1.87. The molecule has 1 aromatic carbocycles. The number of benzene rings is 1. The van der Waals surface area contributed by atoms with Gasteiger partial charge >= 0.3 is 6.03 Å². The number of rotatable bonds is 4. The molecule has 7 nitrogen and oxygen atoms in total. The van der Waals surface area contributed by atoms with E-state index in [9.17, 15) is 9.18 Å². The molecule has 0 aliphatic carbocycles. The number of fused-ring (bicyclic) bond motifs is 1. The number of anilines is 1. The Bertz CT molecular complexity index is 1020. The van der Waals surface area contributed by atoms with Gasteiger partial charge in [-0.05, 0) is 48.2 Å². The molecule has 0 spiro atoms. The molecule has 0 bridgehead atoms. The van der Waals surface area contributed by atoms with Crippen LogP contribution in [0.2, 0.25) is 0 Å². The number of hydrogen-bond acceptors (Lipinski definition) is 5. The van der Waals surface area contributed by atoms with Gasteiger partial charge in [0, 0.05) is 36.7 Å². The Labute approximate surface area is 174 Å². The Kier molecular flexibility index (Phi) is 4.71. The van der Waals surface area contributed by atoms with Crippen LogP contribution in [0.4, 0.5) is 14.9 Å². The van der Waals surface area contributed by atoms with Crippen LogP contribution in [0.15, 0.2) is 65.8 Å². The molecule has 8 heteroatoms. The molecular formula is C22H23FN6O. The van der Waals surface area contributed by atoms with E-state index >= 15 is 0 Å². The summed E-state index contributed by atoms with van der Waals surface area (Å²) < 4.78 is 13.6. The standard InChI is InChI=1S/C22H23FN6O/c1-14(15-4-3-7-24-9-15)18-10-25-11-19(18)21-26-20-12-28(13-29(20)22(30)27-21)17-6-2-5-16(23)8-17/h2-9,12,14,18-19,25H,10-11,13H2,1H3,(H,26,27,30). The van der Waals surface area contributed by atoms with Crippen LogP contribution >= 0.6 is 0 Å². The molecule has 3 aliphatic rings. The average molecular weight is 406 g/mol. The van der Waals surface area contributed by atoms with Gasteiger partial charge in [0.15, 0.2) is 5.82 Å². The molecule has 2 amide bonds. The largest absolute Gasteiger partial charge is 0.329 e. The molecule has 1 saturated heterocycles. The lowest BCUT2D eigenvalue weighted by molar-refractivity contribution is 0.216. The lowest BCUT2D eigenvalue weighted by atomic mass is 9.80. The van der Waals surface area contributed by atoms with Gasteiger partial charge in [-0.2, -0.15) is 0 Å². The molecule has 3 unspecified atom stereocenters. The molecular weight excluding hydrogens is 383 g/mol. The first kappa shape index (κ1) is 18.7.